The lowest BCUT2D eigenvalue weighted by Gasteiger charge is -2.16. The molecule has 0 spiro atoms. The van der Waals surface area contributed by atoms with E-state index < -0.39 is 5.82 Å². The molecule has 0 aromatic heterocycles. The van der Waals surface area contributed by atoms with Gasteiger partial charge in [-0.3, -0.25) is 0 Å². The predicted molar refractivity (Wildman–Crippen MR) is 66.3 cm³/mol. The van der Waals surface area contributed by atoms with E-state index >= 15 is 0 Å². The third-order valence-electron chi connectivity index (χ3n) is 2.59. The van der Waals surface area contributed by atoms with Crippen LogP contribution in [0.2, 0.25) is 0 Å². The Hall–Kier alpha value is -2.03. The maximum absolute atomic E-state index is 13.2. The average molecular weight is 231 g/mol. The number of hydrogen-bond donors (Lipinski definition) is 1. The molecule has 0 saturated heterocycles. The topological polar surface area (TPSA) is 35.2 Å². The van der Waals surface area contributed by atoms with Crippen LogP contribution < -0.4 is 10.5 Å². The predicted octanol–water partition coefficient (Wildman–Crippen LogP) is 3.55. The van der Waals surface area contributed by atoms with E-state index in [2.05, 4.69) is 0 Å². The third kappa shape index (κ3) is 2.56. The SMILES string of the molecule is CC(Oc1cccc(F)c1N)c1ccccc1. The lowest BCUT2D eigenvalue weighted by atomic mass is 10.1. The summed E-state index contributed by atoms with van der Waals surface area (Å²) in [5.41, 5.74) is 6.68. The first-order chi connectivity index (χ1) is 8.18. The monoisotopic (exact) mass is 231 g/mol. The molecule has 2 rings (SSSR count). The summed E-state index contributed by atoms with van der Waals surface area (Å²) < 4.78 is 18.9. The maximum atomic E-state index is 13.2. The normalized spacial score (nSPS) is 12.1. The van der Waals surface area contributed by atoms with Crippen molar-refractivity contribution in [3.05, 3.63) is 59.9 Å². The number of halogens is 1. The minimum absolute atomic E-state index is 0.0512. The maximum Gasteiger partial charge on any atom is 0.149 e. The molecule has 0 aliphatic heterocycles. The number of benzene rings is 2. The zero-order chi connectivity index (χ0) is 12.3. The van der Waals surface area contributed by atoms with Gasteiger partial charge >= 0.3 is 0 Å². The molecule has 0 fully saturated rings. The first-order valence-electron chi connectivity index (χ1n) is 5.44. The summed E-state index contributed by atoms with van der Waals surface area (Å²) in [6, 6.07) is 14.3. The Bertz CT molecular complexity index is 499. The number of hydrogen-bond acceptors (Lipinski definition) is 2. The molecular formula is C14H14FNO. The van der Waals surface area contributed by atoms with Crippen molar-refractivity contribution in [1.82, 2.24) is 0 Å². The molecule has 1 unspecified atom stereocenters. The van der Waals surface area contributed by atoms with Gasteiger partial charge in [-0.05, 0) is 24.6 Å². The van der Waals surface area contributed by atoms with E-state index in [0.717, 1.165) is 5.56 Å². The summed E-state index contributed by atoms with van der Waals surface area (Å²) in [6.07, 6.45) is -0.166. The van der Waals surface area contributed by atoms with Crippen molar-refractivity contribution in [2.24, 2.45) is 0 Å². The van der Waals surface area contributed by atoms with E-state index in [9.17, 15) is 4.39 Å². The van der Waals surface area contributed by atoms with Crippen molar-refractivity contribution in [3.63, 3.8) is 0 Å². The summed E-state index contributed by atoms with van der Waals surface area (Å²) in [5, 5.41) is 0. The molecule has 0 heterocycles. The Morgan fingerprint density at radius 1 is 1.06 bits per heavy atom. The Kier molecular flexibility index (Phi) is 3.28. The van der Waals surface area contributed by atoms with Gasteiger partial charge in [-0.1, -0.05) is 36.4 Å². The third-order valence-corrected chi connectivity index (χ3v) is 2.59. The van der Waals surface area contributed by atoms with Crippen molar-refractivity contribution in [1.29, 1.82) is 0 Å². The molecule has 1 atom stereocenters. The molecule has 0 aliphatic rings. The Balaban J connectivity index is 2.19. The van der Waals surface area contributed by atoms with E-state index in [0.29, 0.717) is 5.75 Å². The first-order valence-corrected chi connectivity index (χ1v) is 5.44. The highest BCUT2D eigenvalue weighted by Crippen LogP contribution is 2.28. The van der Waals surface area contributed by atoms with Crippen LogP contribution in [0.5, 0.6) is 5.75 Å². The van der Waals surface area contributed by atoms with Gasteiger partial charge in [0.25, 0.3) is 0 Å². The quantitative estimate of drug-likeness (QED) is 0.820. The lowest BCUT2D eigenvalue weighted by molar-refractivity contribution is 0.227. The van der Waals surface area contributed by atoms with Crippen molar-refractivity contribution in [2.45, 2.75) is 13.0 Å². The molecule has 2 aromatic carbocycles. The fraction of sp³-hybridized carbons (Fsp3) is 0.143. The van der Waals surface area contributed by atoms with Crippen molar-refractivity contribution >= 4 is 5.69 Å². The fourth-order valence-corrected chi connectivity index (χ4v) is 1.60. The largest absolute Gasteiger partial charge is 0.484 e. The second-order valence-electron chi connectivity index (χ2n) is 3.82. The van der Waals surface area contributed by atoms with Crippen molar-refractivity contribution in [3.8, 4) is 5.75 Å². The van der Waals surface area contributed by atoms with Crippen LogP contribution in [0.15, 0.2) is 48.5 Å². The van der Waals surface area contributed by atoms with Gasteiger partial charge in [0.05, 0.1) is 0 Å². The number of ether oxygens (including phenoxy) is 1. The molecule has 0 bridgehead atoms. The Labute approximate surface area is 99.8 Å². The summed E-state index contributed by atoms with van der Waals surface area (Å²) in [7, 11) is 0. The highest BCUT2D eigenvalue weighted by molar-refractivity contribution is 5.53. The van der Waals surface area contributed by atoms with Crippen LogP contribution in [0.25, 0.3) is 0 Å². The van der Waals surface area contributed by atoms with Crippen LogP contribution in [0.4, 0.5) is 10.1 Å². The Morgan fingerprint density at radius 2 is 1.76 bits per heavy atom. The summed E-state index contributed by atoms with van der Waals surface area (Å²) in [4.78, 5) is 0. The van der Waals surface area contributed by atoms with Crippen LogP contribution in [0, 0.1) is 5.82 Å². The number of para-hydroxylation sites is 1. The van der Waals surface area contributed by atoms with Crippen LogP contribution in [0.1, 0.15) is 18.6 Å². The zero-order valence-corrected chi connectivity index (χ0v) is 9.56. The molecule has 0 saturated carbocycles. The number of nitrogens with two attached hydrogens (primary N) is 1. The molecule has 2 aromatic rings. The van der Waals surface area contributed by atoms with E-state index in [-0.39, 0.29) is 11.8 Å². The van der Waals surface area contributed by atoms with Crippen molar-refractivity contribution < 1.29 is 9.13 Å². The highest BCUT2D eigenvalue weighted by Gasteiger charge is 2.10. The zero-order valence-electron chi connectivity index (χ0n) is 9.56. The van der Waals surface area contributed by atoms with Crippen LogP contribution in [-0.2, 0) is 0 Å². The summed E-state index contributed by atoms with van der Waals surface area (Å²) >= 11 is 0. The van der Waals surface area contributed by atoms with Gasteiger partial charge in [0.2, 0.25) is 0 Å². The smallest absolute Gasteiger partial charge is 0.149 e. The standard InChI is InChI=1S/C14H14FNO/c1-10(11-6-3-2-4-7-11)17-13-9-5-8-12(15)14(13)16/h2-10H,16H2,1H3. The summed E-state index contributed by atoms with van der Waals surface area (Å²) in [5.74, 6) is -0.0795. The van der Waals surface area contributed by atoms with E-state index in [1.165, 1.54) is 6.07 Å². The van der Waals surface area contributed by atoms with Gasteiger partial charge in [-0.15, -0.1) is 0 Å². The van der Waals surface area contributed by atoms with Gasteiger partial charge in [0.15, 0.2) is 0 Å². The second-order valence-corrected chi connectivity index (χ2v) is 3.82. The van der Waals surface area contributed by atoms with Crippen LogP contribution in [-0.4, -0.2) is 0 Å². The number of nitrogen functional groups attached to an aromatic ring is 1. The van der Waals surface area contributed by atoms with E-state index in [4.69, 9.17) is 10.5 Å². The minimum Gasteiger partial charge on any atom is -0.484 e. The number of rotatable bonds is 3. The molecule has 0 amide bonds. The van der Waals surface area contributed by atoms with Gasteiger partial charge in [0, 0.05) is 0 Å². The molecule has 17 heavy (non-hydrogen) atoms. The minimum atomic E-state index is -0.456. The highest BCUT2D eigenvalue weighted by atomic mass is 19.1. The molecule has 0 radical (unpaired) electrons. The number of anilines is 1. The fourth-order valence-electron chi connectivity index (χ4n) is 1.60. The molecule has 88 valence electrons. The molecule has 0 aliphatic carbocycles. The second kappa shape index (κ2) is 4.87. The van der Waals surface area contributed by atoms with Gasteiger partial charge in [-0.25, -0.2) is 4.39 Å². The molecular weight excluding hydrogens is 217 g/mol. The van der Waals surface area contributed by atoms with E-state index in [1.807, 2.05) is 37.3 Å². The van der Waals surface area contributed by atoms with Gasteiger partial charge < -0.3 is 10.5 Å². The van der Waals surface area contributed by atoms with Crippen LogP contribution in [0.3, 0.4) is 0 Å². The first kappa shape index (κ1) is 11.5. The van der Waals surface area contributed by atoms with E-state index in [1.54, 1.807) is 12.1 Å². The summed E-state index contributed by atoms with van der Waals surface area (Å²) in [6.45, 7) is 1.90. The van der Waals surface area contributed by atoms with Gasteiger partial charge in [0.1, 0.15) is 23.4 Å². The average Bonchev–Trinajstić information content (AvgIpc) is 2.36. The van der Waals surface area contributed by atoms with Crippen LogP contribution >= 0.6 is 0 Å². The van der Waals surface area contributed by atoms with Gasteiger partial charge in [-0.2, -0.15) is 0 Å². The lowest BCUT2D eigenvalue weighted by Crippen LogP contribution is -2.05. The molecule has 3 heteroatoms. The van der Waals surface area contributed by atoms with Crippen molar-refractivity contribution in [2.75, 3.05) is 5.73 Å². The Morgan fingerprint density at radius 3 is 2.47 bits per heavy atom. The molecule has 2 N–H and O–H groups in total. The molecule has 2 nitrogen and oxygen atoms in total.